The summed E-state index contributed by atoms with van der Waals surface area (Å²) >= 11 is 0. The molecule has 0 unspecified atom stereocenters. The number of hydrogen-bond donors (Lipinski definition) is 1. The molecule has 0 spiro atoms. The van der Waals surface area contributed by atoms with Crippen LogP contribution < -0.4 is 10.1 Å². The highest BCUT2D eigenvalue weighted by Crippen LogP contribution is 2.37. The van der Waals surface area contributed by atoms with Crippen LogP contribution >= 0.6 is 0 Å². The van der Waals surface area contributed by atoms with Gasteiger partial charge in [-0.2, -0.15) is 0 Å². The van der Waals surface area contributed by atoms with Crippen molar-refractivity contribution in [2.45, 2.75) is 13.8 Å². The fourth-order valence-corrected chi connectivity index (χ4v) is 2.05. The van der Waals surface area contributed by atoms with Crippen LogP contribution in [0.3, 0.4) is 0 Å². The molecular weight excluding hydrogens is 272 g/mol. The first-order valence-electron chi connectivity index (χ1n) is 6.46. The standard InChI is InChI=1S/C14H16N4O3/c1-4-15-14-13(18(19)20)12(16-8-17-14)10-7-9(2)5-6-11(10)21-3/h5-8H,4H2,1-3H3,(H,15,16,17). The van der Waals surface area contributed by atoms with Gasteiger partial charge in [-0.25, -0.2) is 9.97 Å². The summed E-state index contributed by atoms with van der Waals surface area (Å²) in [4.78, 5) is 19.0. The van der Waals surface area contributed by atoms with Crippen LogP contribution in [0.2, 0.25) is 0 Å². The fourth-order valence-electron chi connectivity index (χ4n) is 2.05. The molecule has 2 aromatic rings. The molecule has 1 aromatic heterocycles. The van der Waals surface area contributed by atoms with E-state index in [0.29, 0.717) is 17.9 Å². The van der Waals surface area contributed by atoms with Gasteiger partial charge in [0.05, 0.1) is 12.0 Å². The molecule has 0 aliphatic rings. The highest BCUT2D eigenvalue weighted by atomic mass is 16.6. The van der Waals surface area contributed by atoms with Crippen LogP contribution in [0, 0.1) is 17.0 Å². The summed E-state index contributed by atoms with van der Waals surface area (Å²) < 4.78 is 5.29. The highest BCUT2D eigenvalue weighted by Gasteiger charge is 2.25. The van der Waals surface area contributed by atoms with Gasteiger partial charge in [-0.15, -0.1) is 0 Å². The molecular formula is C14H16N4O3. The summed E-state index contributed by atoms with van der Waals surface area (Å²) in [6.07, 6.45) is 1.31. The Labute approximate surface area is 122 Å². The number of hydrogen-bond acceptors (Lipinski definition) is 6. The van der Waals surface area contributed by atoms with E-state index in [4.69, 9.17) is 4.74 Å². The molecule has 0 saturated heterocycles. The Morgan fingerprint density at radius 2 is 2.14 bits per heavy atom. The molecule has 110 valence electrons. The van der Waals surface area contributed by atoms with Crippen LogP contribution in [-0.2, 0) is 0 Å². The summed E-state index contributed by atoms with van der Waals surface area (Å²) in [5.41, 5.74) is 1.63. The number of ether oxygens (including phenoxy) is 1. The van der Waals surface area contributed by atoms with Gasteiger partial charge in [0.25, 0.3) is 0 Å². The lowest BCUT2D eigenvalue weighted by Gasteiger charge is -2.11. The van der Waals surface area contributed by atoms with Crippen LogP contribution in [0.5, 0.6) is 5.75 Å². The highest BCUT2D eigenvalue weighted by molar-refractivity contribution is 5.80. The summed E-state index contributed by atoms with van der Waals surface area (Å²) in [6.45, 7) is 4.28. The van der Waals surface area contributed by atoms with Gasteiger partial charge in [0.2, 0.25) is 5.82 Å². The van der Waals surface area contributed by atoms with E-state index in [1.165, 1.54) is 13.4 Å². The van der Waals surface area contributed by atoms with Gasteiger partial charge < -0.3 is 10.1 Å². The van der Waals surface area contributed by atoms with Gasteiger partial charge >= 0.3 is 5.69 Å². The van der Waals surface area contributed by atoms with Crippen molar-refractivity contribution in [3.8, 4) is 17.0 Å². The van der Waals surface area contributed by atoms with Crippen molar-refractivity contribution in [2.75, 3.05) is 19.0 Å². The first-order chi connectivity index (χ1) is 10.1. The Morgan fingerprint density at radius 1 is 1.38 bits per heavy atom. The van der Waals surface area contributed by atoms with E-state index in [2.05, 4.69) is 15.3 Å². The molecule has 7 nitrogen and oxygen atoms in total. The van der Waals surface area contributed by atoms with E-state index < -0.39 is 4.92 Å². The molecule has 0 fully saturated rings. The van der Waals surface area contributed by atoms with Crippen LogP contribution in [0.1, 0.15) is 12.5 Å². The smallest absolute Gasteiger partial charge is 0.337 e. The number of nitrogens with one attached hydrogen (secondary N) is 1. The van der Waals surface area contributed by atoms with Crippen molar-refractivity contribution in [3.63, 3.8) is 0 Å². The SMILES string of the molecule is CCNc1ncnc(-c2cc(C)ccc2OC)c1[N+](=O)[O-]. The molecule has 0 atom stereocenters. The summed E-state index contributed by atoms with van der Waals surface area (Å²) in [7, 11) is 1.52. The van der Waals surface area contributed by atoms with E-state index >= 15 is 0 Å². The van der Waals surface area contributed by atoms with Gasteiger partial charge in [0, 0.05) is 12.1 Å². The number of aryl methyl sites for hydroxylation is 1. The molecule has 2 rings (SSSR count). The van der Waals surface area contributed by atoms with Gasteiger partial charge in [-0.05, 0) is 26.0 Å². The average molecular weight is 288 g/mol. The largest absolute Gasteiger partial charge is 0.496 e. The number of aromatic nitrogens is 2. The Balaban J connectivity index is 2.71. The van der Waals surface area contributed by atoms with Gasteiger partial charge in [0.15, 0.2) is 5.69 Å². The van der Waals surface area contributed by atoms with E-state index in [1.807, 2.05) is 26.0 Å². The second-order valence-corrected chi connectivity index (χ2v) is 4.41. The van der Waals surface area contributed by atoms with Crippen LogP contribution in [0.25, 0.3) is 11.3 Å². The summed E-state index contributed by atoms with van der Waals surface area (Å²) in [5.74, 6) is 0.737. The summed E-state index contributed by atoms with van der Waals surface area (Å²) in [6, 6.07) is 5.45. The molecule has 0 aliphatic carbocycles. The topological polar surface area (TPSA) is 90.2 Å². The molecule has 0 amide bonds. The number of nitro groups is 1. The lowest BCUT2D eigenvalue weighted by atomic mass is 10.1. The maximum Gasteiger partial charge on any atom is 0.337 e. The van der Waals surface area contributed by atoms with E-state index in [0.717, 1.165) is 5.56 Å². The summed E-state index contributed by atoms with van der Waals surface area (Å²) in [5, 5.41) is 14.3. The second-order valence-electron chi connectivity index (χ2n) is 4.41. The zero-order valence-corrected chi connectivity index (χ0v) is 12.1. The minimum atomic E-state index is -0.477. The number of nitrogens with zero attached hydrogens (tertiary/aromatic N) is 3. The minimum absolute atomic E-state index is 0.150. The predicted molar refractivity (Wildman–Crippen MR) is 79.6 cm³/mol. The Kier molecular flexibility index (Phi) is 4.32. The van der Waals surface area contributed by atoms with Crippen molar-refractivity contribution >= 4 is 11.5 Å². The zero-order chi connectivity index (χ0) is 15.4. The molecule has 0 aliphatic heterocycles. The zero-order valence-electron chi connectivity index (χ0n) is 12.1. The molecule has 0 bridgehead atoms. The third kappa shape index (κ3) is 2.91. The van der Waals surface area contributed by atoms with Crippen LogP contribution in [0.15, 0.2) is 24.5 Å². The van der Waals surface area contributed by atoms with E-state index in [9.17, 15) is 10.1 Å². The van der Waals surface area contributed by atoms with Gasteiger partial charge in [-0.3, -0.25) is 10.1 Å². The number of methoxy groups -OCH3 is 1. The molecule has 1 aromatic carbocycles. The number of benzene rings is 1. The molecule has 21 heavy (non-hydrogen) atoms. The quantitative estimate of drug-likeness (QED) is 0.672. The van der Waals surface area contributed by atoms with Crippen molar-refractivity contribution < 1.29 is 9.66 Å². The third-order valence-electron chi connectivity index (χ3n) is 2.96. The predicted octanol–water partition coefficient (Wildman–Crippen LogP) is 2.80. The normalized spacial score (nSPS) is 10.2. The molecule has 7 heteroatoms. The van der Waals surface area contributed by atoms with Crippen molar-refractivity contribution in [3.05, 3.63) is 40.2 Å². The van der Waals surface area contributed by atoms with E-state index in [-0.39, 0.29) is 17.2 Å². The van der Waals surface area contributed by atoms with Gasteiger partial charge in [-0.1, -0.05) is 11.6 Å². The monoisotopic (exact) mass is 288 g/mol. The van der Waals surface area contributed by atoms with Crippen molar-refractivity contribution in [2.24, 2.45) is 0 Å². The molecule has 1 heterocycles. The van der Waals surface area contributed by atoms with Crippen molar-refractivity contribution in [1.82, 2.24) is 9.97 Å². The van der Waals surface area contributed by atoms with E-state index in [1.54, 1.807) is 6.07 Å². The maximum absolute atomic E-state index is 11.4. The van der Waals surface area contributed by atoms with Crippen molar-refractivity contribution in [1.29, 1.82) is 0 Å². The van der Waals surface area contributed by atoms with Crippen LogP contribution in [-0.4, -0.2) is 28.5 Å². The van der Waals surface area contributed by atoms with Crippen LogP contribution in [0.4, 0.5) is 11.5 Å². The molecule has 0 saturated carbocycles. The second kappa shape index (κ2) is 6.17. The Hall–Kier alpha value is -2.70. The lowest BCUT2D eigenvalue weighted by Crippen LogP contribution is -2.06. The first kappa shape index (κ1) is 14.7. The van der Waals surface area contributed by atoms with Gasteiger partial charge in [0.1, 0.15) is 12.1 Å². The fraction of sp³-hybridized carbons (Fsp3) is 0.286. The number of rotatable bonds is 5. The Morgan fingerprint density at radius 3 is 2.76 bits per heavy atom. The first-order valence-corrected chi connectivity index (χ1v) is 6.46. The minimum Gasteiger partial charge on any atom is -0.496 e. The molecule has 0 radical (unpaired) electrons. The average Bonchev–Trinajstić information content (AvgIpc) is 2.47. The Bertz CT molecular complexity index is 673. The molecule has 1 N–H and O–H groups in total. The maximum atomic E-state index is 11.4. The number of anilines is 1. The third-order valence-corrected chi connectivity index (χ3v) is 2.96. The lowest BCUT2D eigenvalue weighted by molar-refractivity contribution is -0.383.